The number of fused-ring (bicyclic) bond motifs is 3. The minimum Gasteiger partial charge on any atom is -0.481 e. The van der Waals surface area contributed by atoms with Crippen LogP contribution in [0.25, 0.3) is 5.00 Å². The highest BCUT2D eigenvalue weighted by Gasteiger charge is 2.32. The van der Waals surface area contributed by atoms with Gasteiger partial charge in [0, 0.05) is 21.0 Å². The summed E-state index contributed by atoms with van der Waals surface area (Å²) < 4.78 is 1.94. The number of aliphatic imine (C=N–C) groups is 1. The van der Waals surface area contributed by atoms with Crippen molar-refractivity contribution in [1.82, 2.24) is 14.8 Å². The Labute approximate surface area is 223 Å². The SMILES string of the molecule is C1CCCCCC1.CC.Cc1sc2c(c1C)C(c1ccc(Cl)cc1)=N[C@@H](CC(=O)O)c1nnc(C)n1-2. The molecule has 5 rings (SSSR count). The first-order chi connectivity index (χ1) is 17.4. The Bertz CT molecular complexity index is 1180. The summed E-state index contributed by atoms with van der Waals surface area (Å²) in [5.74, 6) is 0.348. The van der Waals surface area contributed by atoms with E-state index in [0.29, 0.717) is 10.8 Å². The largest absolute Gasteiger partial charge is 0.481 e. The molecule has 0 unspecified atom stereocenters. The number of rotatable bonds is 3. The molecule has 0 bridgehead atoms. The van der Waals surface area contributed by atoms with Gasteiger partial charge < -0.3 is 5.11 Å². The summed E-state index contributed by atoms with van der Waals surface area (Å²) in [5.41, 5.74) is 3.78. The third kappa shape index (κ3) is 6.43. The first-order valence-corrected chi connectivity index (χ1v) is 14.1. The smallest absolute Gasteiger partial charge is 0.306 e. The summed E-state index contributed by atoms with van der Waals surface area (Å²) in [6, 6.07) is 6.84. The number of aromatic nitrogens is 3. The molecule has 6 nitrogen and oxygen atoms in total. The van der Waals surface area contributed by atoms with Crippen molar-refractivity contribution in [1.29, 1.82) is 0 Å². The van der Waals surface area contributed by atoms with Gasteiger partial charge >= 0.3 is 5.97 Å². The van der Waals surface area contributed by atoms with Crippen molar-refractivity contribution in [2.24, 2.45) is 4.99 Å². The zero-order chi connectivity index (χ0) is 26.2. The number of aliphatic carboxylic acids is 1. The van der Waals surface area contributed by atoms with Gasteiger partial charge in [-0.2, -0.15) is 0 Å². The van der Waals surface area contributed by atoms with Gasteiger partial charge in [0.15, 0.2) is 5.82 Å². The molecule has 0 amide bonds. The fourth-order valence-corrected chi connectivity index (χ4v) is 5.88. The van der Waals surface area contributed by atoms with Gasteiger partial charge in [-0.3, -0.25) is 14.4 Å². The number of aryl methyl sites for hydroxylation is 2. The van der Waals surface area contributed by atoms with Crippen LogP contribution in [0.2, 0.25) is 5.02 Å². The highest BCUT2D eigenvalue weighted by atomic mass is 35.5. The monoisotopic (exact) mass is 528 g/mol. The molecule has 1 N–H and O–H groups in total. The first kappa shape index (κ1) is 28.1. The molecule has 8 heteroatoms. The summed E-state index contributed by atoms with van der Waals surface area (Å²) in [4.78, 5) is 17.5. The Morgan fingerprint density at radius 3 is 2.08 bits per heavy atom. The van der Waals surface area contributed by atoms with Gasteiger partial charge in [-0.15, -0.1) is 21.5 Å². The van der Waals surface area contributed by atoms with Gasteiger partial charge in [0.1, 0.15) is 16.9 Å². The minimum absolute atomic E-state index is 0.151. The molecule has 2 aromatic heterocycles. The number of hydrogen-bond donors (Lipinski definition) is 1. The lowest BCUT2D eigenvalue weighted by Gasteiger charge is -2.10. The molecule has 0 spiro atoms. The van der Waals surface area contributed by atoms with Crippen LogP contribution < -0.4 is 0 Å². The van der Waals surface area contributed by atoms with Crippen molar-refractivity contribution >= 4 is 34.6 Å². The van der Waals surface area contributed by atoms with E-state index >= 15 is 0 Å². The zero-order valence-electron chi connectivity index (χ0n) is 22.0. The Morgan fingerprint density at radius 2 is 1.56 bits per heavy atom. The van der Waals surface area contributed by atoms with Crippen molar-refractivity contribution in [3.05, 3.63) is 62.5 Å². The number of thiophene rings is 1. The van der Waals surface area contributed by atoms with Crippen LogP contribution in [-0.2, 0) is 4.79 Å². The van der Waals surface area contributed by atoms with E-state index in [4.69, 9.17) is 16.6 Å². The normalized spacial score (nSPS) is 16.6. The maximum absolute atomic E-state index is 11.5. The highest BCUT2D eigenvalue weighted by molar-refractivity contribution is 7.15. The third-order valence-corrected chi connectivity index (χ3v) is 7.92. The van der Waals surface area contributed by atoms with E-state index in [1.165, 1.54) is 49.8 Å². The molecule has 1 atom stereocenters. The van der Waals surface area contributed by atoms with E-state index in [2.05, 4.69) is 24.0 Å². The molecule has 194 valence electrons. The summed E-state index contributed by atoms with van der Waals surface area (Å²) in [7, 11) is 0. The number of carboxylic acids is 1. The standard InChI is InChI=1S/C19H17ClN4O2S.C7H14.C2H6/c1-9-10(2)27-19-16(9)17(12-4-6-13(20)7-5-12)21-14(8-15(25)26)18-23-22-11(3)24(18)19;1-2-4-6-7-5-3-1;1-2/h4-7,14H,8H2,1-3H3,(H,25,26);1-7H2;1-2H3/t14-;;/m0../s1. The average Bonchev–Trinajstić information content (AvgIpc) is 3.16. The van der Waals surface area contributed by atoms with E-state index in [0.717, 1.165) is 33.2 Å². The Morgan fingerprint density at radius 1 is 1.00 bits per heavy atom. The molecule has 1 fully saturated rings. The van der Waals surface area contributed by atoms with Gasteiger partial charge in [-0.05, 0) is 38.5 Å². The lowest BCUT2D eigenvalue weighted by molar-refractivity contribution is -0.137. The van der Waals surface area contributed by atoms with Crippen LogP contribution in [0.3, 0.4) is 0 Å². The number of benzene rings is 1. The lowest BCUT2D eigenvalue weighted by Crippen LogP contribution is -2.10. The Balaban J connectivity index is 0.000000342. The molecule has 1 aliphatic heterocycles. The average molecular weight is 529 g/mol. The van der Waals surface area contributed by atoms with Crippen LogP contribution in [0.1, 0.15) is 104 Å². The van der Waals surface area contributed by atoms with Crippen LogP contribution in [-0.4, -0.2) is 31.6 Å². The highest BCUT2D eigenvalue weighted by Crippen LogP contribution is 2.39. The topological polar surface area (TPSA) is 80.4 Å². The molecule has 1 aromatic carbocycles. The van der Waals surface area contributed by atoms with Crippen LogP contribution in [0.5, 0.6) is 0 Å². The summed E-state index contributed by atoms with van der Waals surface area (Å²) in [5, 5.41) is 19.5. The predicted octanol–water partition coefficient (Wildman–Crippen LogP) is 8.03. The van der Waals surface area contributed by atoms with Crippen molar-refractivity contribution < 1.29 is 9.90 Å². The summed E-state index contributed by atoms with van der Waals surface area (Å²) in [6.45, 7) is 10.0. The number of carbonyl (C=O) groups is 1. The van der Waals surface area contributed by atoms with E-state index in [9.17, 15) is 9.90 Å². The van der Waals surface area contributed by atoms with E-state index < -0.39 is 12.0 Å². The number of halogens is 1. The zero-order valence-corrected chi connectivity index (χ0v) is 23.5. The second-order valence-electron chi connectivity index (χ2n) is 8.98. The molecular weight excluding hydrogens is 492 g/mol. The predicted molar refractivity (Wildman–Crippen MR) is 149 cm³/mol. The van der Waals surface area contributed by atoms with E-state index in [1.54, 1.807) is 11.3 Å². The van der Waals surface area contributed by atoms with Crippen LogP contribution in [0, 0.1) is 20.8 Å². The molecule has 3 heterocycles. The maximum Gasteiger partial charge on any atom is 0.306 e. The van der Waals surface area contributed by atoms with Crippen molar-refractivity contribution in [2.75, 3.05) is 0 Å². The summed E-state index contributed by atoms with van der Waals surface area (Å²) >= 11 is 7.70. The van der Waals surface area contributed by atoms with Crippen LogP contribution in [0.15, 0.2) is 29.3 Å². The molecular formula is C28H37ClN4O2S. The number of nitrogens with zero attached hydrogens (tertiary/aromatic N) is 4. The molecule has 2 aliphatic rings. The maximum atomic E-state index is 11.5. The Hall–Kier alpha value is -2.51. The van der Waals surface area contributed by atoms with E-state index in [1.807, 2.05) is 49.6 Å². The van der Waals surface area contributed by atoms with Crippen molar-refractivity contribution in [3.8, 4) is 5.00 Å². The van der Waals surface area contributed by atoms with Gasteiger partial charge in [-0.25, -0.2) is 0 Å². The molecule has 3 aromatic rings. The number of carboxylic acid groups (broad SMARTS) is 1. The third-order valence-electron chi connectivity index (χ3n) is 6.48. The quantitative estimate of drug-likeness (QED) is 0.349. The van der Waals surface area contributed by atoms with Gasteiger partial charge in [0.05, 0.1) is 12.1 Å². The number of hydrogen-bond acceptors (Lipinski definition) is 5. The van der Waals surface area contributed by atoms with Crippen molar-refractivity contribution in [3.63, 3.8) is 0 Å². The second kappa shape index (κ2) is 13.2. The van der Waals surface area contributed by atoms with Crippen LogP contribution in [0.4, 0.5) is 0 Å². The minimum atomic E-state index is -0.926. The second-order valence-corrected chi connectivity index (χ2v) is 10.6. The molecule has 0 radical (unpaired) electrons. The fourth-order valence-electron chi connectivity index (χ4n) is 4.54. The molecule has 1 aliphatic carbocycles. The molecule has 0 saturated heterocycles. The van der Waals surface area contributed by atoms with E-state index in [-0.39, 0.29) is 6.42 Å². The van der Waals surface area contributed by atoms with Gasteiger partial charge in [0.25, 0.3) is 0 Å². The molecule has 36 heavy (non-hydrogen) atoms. The van der Waals surface area contributed by atoms with Crippen molar-refractivity contribution in [2.45, 2.75) is 92.0 Å². The summed E-state index contributed by atoms with van der Waals surface area (Å²) in [6.07, 6.45) is 10.3. The van der Waals surface area contributed by atoms with Gasteiger partial charge in [0.2, 0.25) is 0 Å². The fraction of sp³-hybridized carbons (Fsp3) is 0.500. The Kier molecular flexibility index (Phi) is 10.3. The first-order valence-electron chi connectivity index (χ1n) is 12.9. The molecule has 1 saturated carbocycles. The van der Waals surface area contributed by atoms with Gasteiger partial charge in [-0.1, -0.05) is 82.5 Å². The lowest BCUT2D eigenvalue weighted by atomic mass is 9.99. The van der Waals surface area contributed by atoms with Crippen LogP contribution >= 0.6 is 22.9 Å².